The third-order valence-corrected chi connectivity index (χ3v) is 8.02. The molecule has 1 saturated carbocycles. The number of carbonyl (C=O) groups is 1. The minimum absolute atomic E-state index is 0.0813. The van der Waals surface area contributed by atoms with Gasteiger partial charge in [-0.3, -0.25) is 14.8 Å². The van der Waals surface area contributed by atoms with Gasteiger partial charge >= 0.3 is 0 Å². The van der Waals surface area contributed by atoms with Crippen molar-refractivity contribution in [2.24, 2.45) is 0 Å². The predicted molar refractivity (Wildman–Crippen MR) is 144 cm³/mol. The van der Waals surface area contributed by atoms with Gasteiger partial charge in [0.1, 0.15) is 28.7 Å². The van der Waals surface area contributed by atoms with Crippen LogP contribution in [-0.2, 0) is 6.54 Å². The van der Waals surface area contributed by atoms with Gasteiger partial charge in [-0.05, 0) is 73.7 Å². The third-order valence-electron chi connectivity index (χ3n) is 8.02. The Labute approximate surface area is 228 Å². The molecular formula is C31H24F3N5O. The van der Waals surface area contributed by atoms with E-state index in [0.29, 0.717) is 46.6 Å². The van der Waals surface area contributed by atoms with Crippen LogP contribution in [0.3, 0.4) is 0 Å². The van der Waals surface area contributed by atoms with Crippen LogP contribution in [0.2, 0.25) is 0 Å². The monoisotopic (exact) mass is 539 g/mol. The van der Waals surface area contributed by atoms with Crippen LogP contribution in [0, 0.1) is 17.5 Å². The lowest BCUT2D eigenvalue weighted by Gasteiger charge is -2.36. The maximum atomic E-state index is 15.1. The Morgan fingerprint density at radius 1 is 0.850 bits per heavy atom. The van der Waals surface area contributed by atoms with Crippen molar-refractivity contribution >= 4 is 16.9 Å². The highest BCUT2D eigenvalue weighted by atomic mass is 19.1. The second-order valence-corrected chi connectivity index (χ2v) is 10.4. The highest BCUT2D eigenvalue weighted by molar-refractivity contribution is 5.98. The van der Waals surface area contributed by atoms with Crippen molar-refractivity contribution in [3.8, 4) is 22.8 Å². The molecule has 40 heavy (non-hydrogen) atoms. The molecule has 1 aliphatic heterocycles. The fourth-order valence-electron chi connectivity index (χ4n) is 6.15. The average molecular weight is 540 g/mol. The molecule has 2 atom stereocenters. The van der Waals surface area contributed by atoms with E-state index >= 15 is 4.39 Å². The van der Waals surface area contributed by atoms with Crippen LogP contribution in [0.5, 0.6) is 0 Å². The van der Waals surface area contributed by atoms with Crippen LogP contribution < -0.4 is 0 Å². The van der Waals surface area contributed by atoms with Crippen molar-refractivity contribution in [2.75, 3.05) is 0 Å². The number of rotatable bonds is 4. The van der Waals surface area contributed by atoms with E-state index in [2.05, 4.69) is 9.97 Å². The average Bonchev–Trinajstić information content (AvgIpc) is 3.51. The molecule has 9 heteroatoms. The number of amides is 1. The number of imidazole rings is 1. The standard InChI is InChI=1S/C31H24F3N5O/c32-19-11-10-18-17-38(31(40)23(18)13-19)20-5-3-6-21(14-20)39-28-15-26(29-25(34)9-4-12-35-29)36-16-27(28)37-30(39)22-7-1-2-8-24(22)33/h1-2,4,7-13,15-16,20-21H,3,5-6,14,17H2. The number of aromatic nitrogens is 4. The molecule has 0 saturated heterocycles. The van der Waals surface area contributed by atoms with Gasteiger partial charge in [-0.1, -0.05) is 18.2 Å². The number of benzene rings is 2. The summed E-state index contributed by atoms with van der Waals surface area (Å²) in [5.41, 5.74) is 3.31. The lowest BCUT2D eigenvalue weighted by molar-refractivity contribution is 0.0630. The molecule has 5 aromatic rings. The van der Waals surface area contributed by atoms with Crippen LogP contribution in [0.15, 0.2) is 73.1 Å². The molecule has 4 heterocycles. The van der Waals surface area contributed by atoms with E-state index in [1.807, 2.05) is 9.47 Å². The summed E-state index contributed by atoms with van der Waals surface area (Å²) >= 11 is 0. The number of pyridine rings is 2. The molecule has 0 bridgehead atoms. The Hall–Kier alpha value is -4.53. The van der Waals surface area contributed by atoms with E-state index in [-0.39, 0.29) is 23.7 Å². The fourth-order valence-corrected chi connectivity index (χ4v) is 6.15. The summed E-state index contributed by atoms with van der Waals surface area (Å²) < 4.78 is 45.6. The summed E-state index contributed by atoms with van der Waals surface area (Å²) in [5.74, 6) is -1.03. The Morgan fingerprint density at radius 2 is 1.68 bits per heavy atom. The Balaban J connectivity index is 1.32. The molecule has 0 spiro atoms. The van der Waals surface area contributed by atoms with Crippen molar-refractivity contribution in [2.45, 2.75) is 44.3 Å². The lowest BCUT2D eigenvalue weighted by atomic mass is 9.89. The van der Waals surface area contributed by atoms with E-state index in [1.54, 1.807) is 36.5 Å². The molecule has 1 fully saturated rings. The largest absolute Gasteiger partial charge is 0.331 e. The zero-order valence-corrected chi connectivity index (χ0v) is 21.4. The first-order chi connectivity index (χ1) is 19.5. The number of carbonyl (C=O) groups excluding carboxylic acids is 1. The fraction of sp³-hybridized carbons (Fsp3) is 0.226. The first-order valence-corrected chi connectivity index (χ1v) is 13.3. The number of halogens is 3. The summed E-state index contributed by atoms with van der Waals surface area (Å²) in [6.07, 6.45) is 6.14. The lowest BCUT2D eigenvalue weighted by Crippen LogP contribution is -2.39. The molecule has 2 aliphatic rings. The van der Waals surface area contributed by atoms with Crippen molar-refractivity contribution in [1.82, 2.24) is 24.4 Å². The van der Waals surface area contributed by atoms with Crippen LogP contribution in [0.25, 0.3) is 33.8 Å². The van der Waals surface area contributed by atoms with Crippen molar-refractivity contribution in [3.05, 3.63) is 102 Å². The normalized spacial score (nSPS) is 18.9. The molecule has 1 aliphatic carbocycles. The van der Waals surface area contributed by atoms with Crippen molar-refractivity contribution in [1.29, 1.82) is 0 Å². The van der Waals surface area contributed by atoms with Gasteiger partial charge in [0, 0.05) is 30.4 Å². The van der Waals surface area contributed by atoms with Gasteiger partial charge in [-0.2, -0.15) is 0 Å². The Bertz CT molecular complexity index is 1780. The van der Waals surface area contributed by atoms with Crippen LogP contribution >= 0.6 is 0 Å². The predicted octanol–water partition coefficient (Wildman–Crippen LogP) is 6.72. The SMILES string of the molecule is O=C1c2cc(F)ccc2CN1C1CCCC(n2c(-c3ccccc3F)nc3cnc(-c4ncccc4F)cc32)C1. The Kier molecular flexibility index (Phi) is 5.87. The zero-order chi connectivity index (χ0) is 27.4. The quantitative estimate of drug-likeness (QED) is 0.254. The zero-order valence-electron chi connectivity index (χ0n) is 21.4. The van der Waals surface area contributed by atoms with Gasteiger partial charge in [-0.25, -0.2) is 18.2 Å². The van der Waals surface area contributed by atoms with Crippen molar-refractivity contribution < 1.29 is 18.0 Å². The second-order valence-electron chi connectivity index (χ2n) is 10.4. The van der Waals surface area contributed by atoms with Gasteiger partial charge in [0.25, 0.3) is 5.91 Å². The summed E-state index contributed by atoms with van der Waals surface area (Å²) in [6, 6.07) is 15.3. The second kappa shape index (κ2) is 9.59. The molecule has 200 valence electrons. The molecule has 0 N–H and O–H groups in total. The van der Waals surface area contributed by atoms with Gasteiger partial charge in [0.15, 0.2) is 5.82 Å². The topological polar surface area (TPSA) is 63.9 Å². The molecule has 2 aromatic carbocycles. The van der Waals surface area contributed by atoms with E-state index in [0.717, 1.165) is 24.8 Å². The number of fused-ring (bicyclic) bond motifs is 2. The molecule has 1 amide bonds. The van der Waals surface area contributed by atoms with E-state index in [4.69, 9.17) is 4.98 Å². The molecule has 0 radical (unpaired) electrons. The molecule has 3 aromatic heterocycles. The van der Waals surface area contributed by atoms with E-state index in [1.165, 1.54) is 36.5 Å². The highest BCUT2D eigenvalue weighted by Crippen LogP contribution is 2.40. The van der Waals surface area contributed by atoms with Gasteiger partial charge < -0.3 is 9.47 Å². The summed E-state index contributed by atoms with van der Waals surface area (Å²) in [5, 5.41) is 0. The smallest absolute Gasteiger partial charge is 0.254 e. The maximum absolute atomic E-state index is 15.1. The molecule has 6 nitrogen and oxygen atoms in total. The number of hydrogen-bond acceptors (Lipinski definition) is 4. The first kappa shape index (κ1) is 24.5. The van der Waals surface area contributed by atoms with Crippen LogP contribution in [0.4, 0.5) is 13.2 Å². The third kappa shape index (κ3) is 4.04. The number of nitrogens with zero attached hydrogens (tertiary/aromatic N) is 5. The van der Waals surface area contributed by atoms with Gasteiger partial charge in [-0.15, -0.1) is 0 Å². The molecule has 7 rings (SSSR count). The van der Waals surface area contributed by atoms with E-state index in [9.17, 15) is 13.6 Å². The van der Waals surface area contributed by atoms with Crippen molar-refractivity contribution in [3.63, 3.8) is 0 Å². The molecular weight excluding hydrogens is 515 g/mol. The van der Waals surface area contributed by atoms with Crippen LogP contribution in [-0.4, -0.2) is 36.4 Å². The minimum atomic E-state index is -0.490. The minimum Gasteiger partial charge on any atom is -0.331 e. The Morgan fingerprint density at radius 3 is 2.52 bits per heavy atom. The van der Waals surface area contributed by atoms with Gasteiger partial charge in [0.2, 0.25) is 0 Å². The van der Waals surface area contributed by atoms with Gasteiger partial charge in [0.05, 0.1) is 23.0 Å². The molecule has 2 unspecified atom stereocenters. The number of hydrogen-bond donors (Lipinski definition) is 0. The first-order valence-electron chi connectivity index (χ1n) is 13.3. The van der Waals surface area contributed by atoms with Crippen LogP contribution in [0.1, 0.15) is 47.6 Å². The van der Waals surface area contributed by atoms with E-state index < -0.39 is 17.5 Å². The maximum Gasteiger partial charge on any atom is 0.254 e. The summed E-state index contributed by atoms with van der Waals surface area (Å²) in [4.78, 5) is 28.5. The summed E-state index contributed by atoms with van der Waals surface area (Å²) in [6.45, 7) is 0.434. The highest BCUT2D eigenvalue weighted by Gasteiger charge is 2.37. The summed E-state index contributed by atoms with van der Waals surface area (Å²) in [7, 11) is 0.